The van der Waals surface area contributed by atoms with Gasteiger partial charge in [-0.3, -0.25) is 4.79 Å². The van der Waals surface area contributed by atoms with Crippen LogP contribution in [0.2, 0.25) is 0 Å². The summed E-state index contributed by atoms with van der Waals surface area (Å²) < 4.78 is 0. The molecule has 20 heavy (non-hydrogen) atoms. The van der Waals surface area contributed by atoms with Crippen molar-refractivity contribution in [3.63, 3.8) is 0 Å². The van der Waals surface area contributed by atoms with E-state index in [0.717, 1.165) is 51.0 Å². The molecule has 0 spiro atoms. The Kier molecular flexibility index (Phi) is 5.08. The van der Waals surface area contributed by atoms with Gasteiger partial charge in [-0.1, -0.05) is 6.92 Å². The summed E-state index contributed by atoms with van der Waals surface area (Å²) in [6, 6.07) is 0.880. The molecule has 0 aromatic carbocycles. The molecule has 2 rings (SSSR count). The third-order valence-electron chi connectivity index (χ3n) is 5.65. The third-order valence-corrected chi connectivity index (χ3v) is 5.65. The second-order valence-corrected chi connectivity index (χ2v) is 7.19. The van der Waals surface area contributed by atoms with Crippen LogP contribution in [-0.4, -0.2) is 43.0 Å². The minimum atomic E-state index is -0.293. The second-order valence-electron chi connectivity index (χ2n) is 7.19. The Morgan fingerprint density at radius 1 is 1.30 bits per heavy atom. The highest BCUT2D eigenvalue weighted by atomic mass is 16.2. The van der Waals surface area contributed by atoms with Gasteiger partial charge in [0.25, 0.3) is 0 Å². The normalized spacial score (nSPS) is 39.5. The number of rotatable bonds is 3. The highest BCUT2D eigenvalue weighted by Crippen LogP contribution is 2.38. The maximum Gasteiger partial charge on any atom is 0.227 e. The SMILES string of the molecule is CC1CCC(CN)(C(=O)NC2CCN(C)C(C)C2)CC1. The zero-order chi connectivity index (χ0) is 14.8. The number of amides is 1. The molecular formula is C16H31N3O. The first-order valence-corrected chi connectivity index (χ1v) is 8.18. The average Bonchev–Trinajstić information content (AvgIpc) is 2.44. The highest BCUT2D eigenvalue weighted by Gasteiger charge is 2.40. The maximum absolute atomic E-state index is 12.7. The van der Waals surface area contributed by atoms with Gasteiger partial charge in [0.15, 0.2) is 0 Å². The highest BCUT2D eigenvalue weighted by molar-refractivity contribution is 5.83. The van der Waals surface area contributed by atoms with Crippen LogP contribution >= 0.6 is 0 Å². The Morgan fingerprint density at radius 2 is 1.95 bits per heavy atom. The molecule has 2 fully saturated rings. The summed E-state index contributed by atoms with van der Waals surface area (Å²) in [5.74, 6) is 0.958. The Hall–Kier alpha value is -0.610. The van der Waals surface area contributed by atoms with Crippen LogP contribution in [0.4, 0.5) is 0 Å². The van der Waals surface area contributed by atoms with Gasteiger partial charge >= 0.3 is 0 Å². The van der Waals surface area contributed by atoms with E-state index in [9.17, 15) is 4.79 Å². The molecule has 2 unspecified atom stereocenters. The van der Waals surface area contributed by atoms with Crippen LogP contribution in [0.15, 0.2) is 0 Å². The number of piperidine rings is 1. The van der Waals surface area contributed by atoms with E-state index >= 15 is 0 Å². The molecule has 4 nitrogen and oxygen atoms in total. The molecule has 1 aliphatic heterocycles. The first-order valence-electron chi connectivity index (χ1n) is 8.18. The number of hydrogen-bond acceptors (Lipinski definition) is 3. The van der Waals surface area contributed by atoms with Crippen LogP contribution in [0, 0.1) is 11.3 Å². The second kappa shape index (κ2) is 6.44. The van der Waals surface area contributed by atoms with Crippen molar-refractivity contribution in [3.8, 4) is 0 Å². The van der Waals surface area contributed by atoms with E-state index in [0.29, 0.717) is 18.6 Å². The Morgan fingerprint density at radius 3 is 2.50 bits per heavy atom. The zero-order valence-corrected chi connectivity index (χ0v) is 13.3. The van der Waals surface area contributed by atoms with Crippen LogP contribution in [0.25, 0.3) is 0 Å². The predicted octanol–water partition coefficient (Wildman–Crippen LogP) is 1.74. The smallest absolute Gasteiger partial charge is 0.227 e. The van der Waals surface area contributed by atoms with Crippen LogP contribution < -0.4 is 11.1 Å². The minimum absolute atomic E-state index is 0.216. The summed E-state index contributed by atoms with van der Waals surface area (Å²) in [7, 11) is 2.16. The number of likely N-dealkylation sites (tertiary alicyclic amines) is 1. The number of nitrogens with zero attached hydrogens (tertiary/aromatic N) is 1. The van der Waals surface area contributed by atoms with E-state index in [2.05, 4.69) is 31.1 Å². The van der Waals surface area contributed by atoms with Crippen molar-refractivity contribution in [2.45, 2.75) is 64.5 Å². The fraction of sp³-hybridized carbons (Fsp3) is 0.938. The van der Waals surface area contributed by atoms with Crippen molar-refractivity contribution in [2.75, 3.05) is 20.1 Å². The van der Waals surface area contributed by atoms with E-state index in [-0.39, 0.29) is 11.3 Å². The Balaban J connectivity index is 1.93. The monoisotopic (exact) mass is 281 g/mol. The van der Waals surface area contributed by atoms with E-state index in [1.54, 1.807) is 0 Å². The maximum atomic E-state index is 12.7. The molecule has 0 aromatic heterocycles. The molecule has 116 valence electrons. The standard InChI is InChI=1S/C16H31N3O/c1-12-4-7-16(11-17,8-5-12)15(20)18-14-6-9-19(3)13(2)10-14/h12-14H,4-11,17H2,1-3H3,(H,18,20). The van der Waals surface area contributed by atoms with Gasteiger partial charge in [0.2, 0.25) is 5.91 Å². The molecule has 1 heterocycles. The van der Waals surface area contributed by atoms with Gasteiger partial charge in [-0.25, -0.2) is 0 Å². The average molecular weight is 281 g/mol. The lowest BCUT2D eigenvalue weighted by atomic mass is 9.70. The van der Waals surface area contributed by atoms with Crippen molar-refractivity contribution in [1.29, 1.82) is 0 Å². The van der Waals surface area contributed by atoms with Crippen LogP contribution in [0.1, 0.15) is 52.4 Å². The molecule has 2 atom stereocenters. The van der Waals surface area contributed by atoms with Crippen LogP contribution in [0.5, 0.6) is 0 Å². The van der Waals surface area contributed by atoms with Gasteiger partial charge in [-0.15, -0.1) is 0 Å². The number of carbonyl (C=O) groups excluding carboxylic acids is 1. The summed E-state index contributed by atoms with van der Waals surface area (Å²) in [4.78, 5) is 15.1. The van der Waals surface area contributed by atoms with Crippen molar-refractivity contribution in [1.82, 2.24) is 10.2 Å². The summed E-state index contributed by atoms with van der Waals surface area (Å²) in [6.45, 7) is 6.07. The fourth-order valence-electron chi connectivity index (χ4n) is 3.60. The lowest BCUT2D eigenvalue weighted by Gasteiger charge is -2.40. The number of hydrogen-bond donors (Lipinski definition) is 2. The lowest BCUT2D eigenvalue weighted by Crippen LogP contribution is -2.54. The molecule has 1 amide bonds. The van der Waals surface area contributed by atoms with Gasteiger partial charge in [-0.2, -0.15) is 0 Å². The van der Waals surface area contributed by atoms with Gasteiger partial charge in [0, 0.05) is 25.2 Å². The Labute approximate surface area is 123 Å². The molecule has 1 aliphatic carbocycles. The van der Waals surface area contributed by atoms with Crippen molar-refractivity contribution in [3.05, 3.63) is 0 Å². The molecule has 2 aliphatic rings. The van der Waals surface area contributed by atoms with E-state index < -0.39 is 0 Å². The molecule has 0 bridgehead atoms. The summed E-state index contributed by atoms with van der Waals surface area (Å²) >= 11 is 0. The molecule has 0 aromatic rings. The first-order chi connectivity index (χ1) is 9.47. The van der Waals surface area contributed by atoms with Gasteiger partial charge in [0.05, 0.1) is 5.41 Å². The van der Waals surface area contributed by atoms with E-state index in [1.165, 1.54) is 0 Å². The third kappa shape index (κ3) is 3.34. The fourth-order valence-corrected chi connectivity index (χ4v) is 3.60. The van der Waals surface area contributed by atoms with E-state index in [1.807, 2.05) is 0 Å². The van der Waals surface area contributed by atoms with Crippen LogP contribution in [0.3, 0.4) is 0 Å². The topological polar surface area (TPSA) is 58.4 Å². The summed E-state index contributed by atoms with van der Waals surface area (Å²) in [5.41, 5.74) is 5.68. The Bertz CT molecular complexity index is 337. The summed E-state index contributed by atoms with van der Waals surface area (Å²) in [5, 5.41) is 3.30. The van der Waals surface area contributed by atoms with Gasteiger partial charge in [-0.05, 0) is 58.4 Å². The quantitative estimate of drug-likeness (QED) is 0.828. The van der Waals surface area contributed by atoms with Gasteiger partial charge in [0.1, 0.15) is 0 Å². The van der Waals surface area contributed by atoms with Crippen molar-refractivity contribution >= 4 is 5.91 Å². The predicted molar refractivity (Wildman–Crippen MR) is 82.4 cm³/mol. The van der Waals surface area contributed by atoms with Gasteiger partial charge < -0.3 is 16.0 Å². The zero-order valence-electron chi connectivity index (χ0n) is 13.3. The molecule has 4 heteroatoms. The van der Waals surface area contributed by atoms with Crippen molar-refractivity contribution in [2.24, 2.45) is 17.1 Å². The molecule has 0 radical (unpaired) electrons. The molecular weight excluding hydrogens is 250 g/mol. The molecule has 3 N–H and O–H groups in total. The largest absolute Gasteiger partial charge is 0.353 e. The van der Waals surface area contributed by atoms with E-state index in [4.69, 9.17) is 5.73 Å². The number of nitrogens with two attached hydrogens (primary N) is 1. The molecule has 1 saturated heterocycles. The number of carbonyl (C=O) groups is 1. The minimum Gasteiger partial charge on any atom is -0.353 e. The number of nitrogens with one attached hydrogen (secondary N) is 1. The lowest BCUT2D eigenvalue weighted by molar-refractivity contribution is -0.134. The van der Waals surface area contributed by atoms with Crippen molar-refractivity contribution < 1.29 is 4.79 Å². The van der Waals surface area contributed by atoms with Crippen LogP contribution in [-0.2, 0) is 4.79 Å². The summed E-state index contributed by atoms with van der Waals surface area (Å²) in [6.07, 6.45) is 6.29. The first kappa shape index (κ1) is 15.8. The molecule has 1 saturated carbocycles.